The van der Waals surface area contributed by atoms with E-state index in [1.165, 1.54) is 31.2 Å². The summed E-state index contributed by atoms with van der Waals surface area (Å²) in [6.07, 6.45) is 0.978. The van der Waals surface area contributed by atoms with E-state index >= 15 is 0 Å². The predicted molar refractivity (Wildman–Crippen MR) is 104 cm³/mol. The molecule has 2 aromatic carbocycles. The van der Waals surface area contributed by atoms with Crippen molar-refractivity contribution in [2.24, 2.45) is 0 Å². The first-order valence-electron chi connectivity index (χ1n) is 7.41. The number of rotatable bonds is 6. The van der Waals surface area contributed by atoms with Crippen molar-refractivity contribution in [1.82, 2.24) is 0 Å². The second-order valence-corrected chi connectivity index (χ2v) is 8.36. The van der Waals surface area contributed by atoms with Gasteiger partial charge in [0.2, 0.25) is 15.9 Å². The molecule has 9 heteroatoms. The first-order valence-corrected chi connectivity index (χ1v) is 10.0. The van der Waals surface area contributed by atoms with Gasteiger partial charge in [-0.1, -0.05) is 35.3 Å². The number of carbonyl (C=O) groups excluding carboxylic acids is 2. The number of nitrogens with one attached hydrogen (secondary N) is 1. The molecule has 6 nitrogen and oxygen atoms in total. The zero-order chi connectivity index (χ0) is 19.5. The smallest absolute Gasteiger partial charge is 0.245 e. The molecule has 0 bridgehead atoms. The standard InChI is InChI=1S/C17H16Cl2N2O4S/c1-11(22)12-4-3-5-15(6-12)20-17(23)10-21(26(2,24)25)16-8-13(18)7-14(19)9-16/h3-9H,10H2,1-2H3,(H,20,23). The fourth-order valence-corrected chi connectivity index (χ4v) is 3.58. The normalized spacial score (nSPS) is 11.1. The van der Waals surface area contributed by atoms with Crippen molar-refractivity contribution in [2.75, 3.05) is 22.4 Å². The van der Waals surface area contributed by atoms with Crippen molar-refractivity contribution in [3.63, 3.8) is 0 Å². The Bertz CT molecular complexity index is 941. The number of ketones is 1. The van der Waals surface area contributed by atoms with Crippen molar-refractivity contribution in [3.05, 3.63) is 58.1 Å². The van der Waals surface area contributed by atoms with Gasteiger partial charge in [0.05, 0.1) is 11.9 Å². The first kappa shape index (κ1) is 20.2. The number of hydrogen-bond acceptors (Lipinski definition) is 4. The lowest BCUT2D eigenvalue weighted by Crippen LogP contribution is -2.37. The van der Waals surface area contributed by atoms with Crippen LogP contribution in [0.5, 0.6) is 0 Å². The lowest BCUT2D eigenvalue weighted by Gasteiger charge is -2.22. The number of carbonyl (C=O) groups is 2. The molecule has 0 spiro atoms. The summed E-state index contributed by atoms with van der Waals surface area (Å²) in [5.74, 6) is -0.723. The average molecular weight is 415 g/mol. The molecule has 0 aliphatic rings. The van der Waals surface area contributed by atoms with Crippen LogP contribution in [0.25, 0.3) is 0 Å². The van der Waals surface area contributed by atoms with Gasteiger partial charge in [0.1, 0.15) is 6.54 Å². The van der Waals surface area contributed by atoms with Crippen LogP contribution in [-0.4, -0.2) is 32.9 Å². The number of amides is 1. The van der Waals surface area contributed by atoms with E-state index in [2.05, 4.69) is 5.32 Å². The Morgan fingerprint density at radius 2 is 1.69 bits per heavy atom. The summed E-state index contributed by atoms with van der Waals surface area (Å²) in [6.45, 7) is 0.940. The van der Waals surface area contributed by atoms with Gasteiger partial charge in [-0.2, -0.15) is 0 Å². The highest BCUT2D eigenvalue weighted by molar-refractivity contribution is 7.92. The van der Waals surface area contributed by atoms with E-state index in [0.717, 1.165) is 10.6 Å². The Hall–Kier alpha value is -2.09. The van der Waals surface area contributed by atoms with Crippen LogP contribution in [-0.2, 0) is 14.8 Å². The highest BCUT2D eigenvalue weighted by atomic mass is 35.5. The molecule has 0 atom stereocenters. The van der Waals surface area contributed by atoms with Crippen LogP contribution in [0, 0.1) is 0 Å². The maximum Gasteiger partial charge on any atom is 0.245 e. The van der Waals surface area contributed by atoms with Crippen molar-refractivity contribution in [1.29, 1.82) is 0 Å². The Balaban J connectivity index is 2.25. The molecule has 0 aliphatic carbocycles. The van der Waals surface area contributed by atoms with Gasteiger partial charge in [0.25, 0.3) is 0 Å². The molecule has 0 radical (unpaired) electrons. The molecule has 0 saturated heterocycles. The number of halogens is 2. The summed E-state index contributed by atoms with van der Waals surface area (Å²) in [7, 11) is -3.76. The Morgan fingerprint density at radius 3 is 2.23 bits per heavy atom. The fourth-order valence-electron chi connectivity index (χ4n) is 2.23. The van der Waals surface area contributed by atoms with Crippen LogP contribution < -0.4 is 9.62 Å². The number of hydrogen-bond donors (Lipinski definition) is 1. The molecular weight excluding hydrogens is 399 g/mol. The molecule has 0 heterocycles. The van der Waals surface area contributed by atoms with E-state index < -0.39 is 22.5 Å². The Labute approximate surface area is 161 Å². The fraction of sp³-hybridized carbons (Fsp3) is 0.176. The van der Waals surface area contributed by atoms with E-state index in [9.17, 15) is 18.0 Å². The second-order valence-electron chi connectivity index (χ2n) is 5.58. The molecule has 2 rings (SSSR count). The van der Waals surface area contributed by atoms with Crippen molar-refractivity contribution in [3.8, 4) is 0 Å². The third-order valence-electron chi connectivity index (χ3n) is 3.38. The summed E-state index contributed by atoms with van der Waals surface area (Å²) in [6, 6.07) is 10.6. The monoisotopic (exact) mass is 414 g/mol. The zero-order valence-corrected chi connectivity index (χ0v) is 16.3. The molecule has 1 N–H and O–H groups in total. The second kappa shape index (κ2) is 8.07. The van der Waals surface area contributed by atoms with Gasteiger partial charge >= 0.3 is 0 Å². The maximum absolute atomic E-state index is 12.3. The minimum absolute atomic E-state index is 0.146. The quantitative estimate of drug-likeness (QED) is 0.731. The largest absolute Gasteiger partial charge is 0.324 e. The van der Waals surface area contributed by atoms with Crippen molar-refractivity contribution >= 4 is 56.3 Å². The van der Waals surface area contributed by atoms with E-state index in [-0.39, 0.29) is 21.5 Å². The summed E-state index contributed by atoms with van der Waals surface area (Å²) >= 11 is 11.8. The summed E-state index contributed by atoms with van der Waals surface area (Å²) in [5.41, 5.74) is 1.00. The maximum atomic E-state index is 12.3. The molecule has 1 amide bonds. The third-order valence-corrected chi connectivity index (χ3v) is 4.95. The number of anilines is 2. The molecule has 26 heavy (non-hydrogen) atoms. The average Bonchev–Trinajstić information content (AvgIpc) is 2.50. The van der Waals surface area contributed by atoms with Gasteiger partial charge < -0.3 is 5.32 Å². The first-order chi connectivity index (χ1) is 12.1. The van der Waals surface area contributed by atoms with Gasteiger partial charge in [0, 0.05) is 21.3 Å². The summed E-state index contributed by atoms with van der Waals surface area (Å²) in [4.78, 5) is 23.7. The molecule has 0 aliphatic heterocycles. The van der Waals surface area contributed by atoms with Crippen LogP contribution in [0.2, 0.25) is 10.0 Å². The SMILES string of the molecule is CC(=O)c1cccc(NC(=O)CN(c2cc(Cl)cc(Cl)c2)S(C)(=O)=O)c1. The van der Waals surface area contributed by atoms with Gasteiger partial charge in [-0.15, -0.1) is 0 Å². The Morgan fingerprint density at radius 1 is 1.08 bits per heavy atom. The van der Waals surface area contributed by atoms with Gasteiger partial charge in [0.15, 0.2) is 5.78 Å². The van der Waals surface area contributed by atoms with E-state index in [4.69, 9.17) is 23.2 Å². The van der Waals surface area contributed by atoms with Crippen molar-refractivity contribution in [2.45, 2.75) is 6.92 Å². The highest BCUT2D eigenvalue weighted by Crippen LogP contribution is 2.27. The topological polar surface area (TPSA) is 83.6 Å². The summed E-state index contributed by atoms with van der Waals surface area (Å²) < 4.78 is 25.1. The van der Waals surface area contributed by atoms with E-state index in [1.54, 1.807) is 18.2 Å². The lowest BCUT2D eigenvalue weighted by atomic mass is 10.1. The molecule has 138 valence electrons. The zero-order valence-electron chi connectivity index (χ0n) is 14.0. The molecule has 0 unspecified atom stereocenters. The Kier molecular flexibility index (Phi) is 6.28. The van der Waals surface area contributed by atoms with Crippen LogP contribution >= 0.6 is 23.2 Å². The highest BCUT2D eigenvalue weighted by Gasteiger charge is 2.22. The molecule has 0 saturated carbocycles. The van der Waals surface area contributed by atoms with Crippen LogP contribution in [0.3, 0.4) is 0 Å². The van der Waals surface area contributed by atoms with Crippen molar-refractivity contribution < 1.29 is 18.0 Å². The van der Waals surface area contributed by atoms with Crippen LogP contribution in [0.15, 0.2) is 42.5 Å². The number of benzene rings is 2. The number of Topliss-reactive ketones (excluding diaryl/α,β-unsaturated/α-hetero) is 1. The van der Waals surface area contributed by atoms with E-state index in [0.29, 0.717) is 11.3 Å². The number of nitrogens with zero attached hydrogens (tertiary/aromatic N) is 1. The van der Waals surface area contributed by atoms with E-state index in [1.807, 2.05) is 0 Å². The molecule has 2 aromatic rings. The van der Waals surface area contributed by atoms with Gasteiger partial charge in [-0.05, 0) is 37.3 Å². The molecule has 0 fully saturated rings. The van der Waals surface area contributed by atoms with Crippen LogP contribution in [0.1, 0.15) is 17.3 Å². The third kappa shape index (κ3) is 5.45. The van der Waals surface area contributed by atoms with Gasteiger partial charge in [-0.3, -0.25) is 13.9 Å². The molecular formula is C17H16Cl2N2O4S. The predicted octanol–water partition coefficient (Wildman–Crippen LogP) is 3.60. The van der Waals surface area contributed by atoms with Crippen LogP contribution in [0.4, 0.5) is 11.4 Å². The molecule has 0 aromatic heterocycles. The minimum atomic E-state index is -3.76. The summed E-state index contributed by atoms with van der Waals surface area (Å²) in [5, 5.41) is 3.07. The lowest BCUT2D eigenvalue weighted by molar-refractivity contribution is -0.114. The number of sulfonamides is 1. The van der Waals surface area contributed by atoms with Gasteiger partial charge in [-0.25, -0.2) is 8.42 Å². The minimum Gasteiger partial charge on any atom is -0.324 e.